The summed E-state index contributed by atoms with van der Waals surface area (Å²) in [5, 5.41) is 10.2. The second-order valence-corrected chi connectivity index (χ2v) is 8.34. The average Bonchev–Trinajstić information content (AvgIpc) is 2.34. The number of quaternary nitrogens is 1. The van der Waals surface area contributed by atoms with E-state index in [2.05, 4.69) is 62.3 Å². The third kappa shape index (κ3) is 3.06. The van der Waals surface area contributed by atoms with Crippen molar-refractivity contribution in [1.82, 2.24) is 0 Å². The topological polar surface area (TPSA) is 20.2 Å². The van der Waals surface area contributed by atoms with Gasteiger partial charge in [-0.25, -0.2) is 0 Å². The van der Waals surface area contributed by atoms with Gasteiger partial charge in [-0.05, 0) is 67.7 Å². The fourth-order valence-electron chi connectivity index (χ4n) is 4.41. The molecule has 0 saturated carbocycles. The van der Waals surface area contributed by atoms with Crippen molar-refractivity contribution in [1.29, 1.82) is 0 Å². The molecular weight excluding hydrogens is 246 g/mol. The number of hydrogen-bond acceptors (Lipinski definition) is 1. The molecule has 0 aliphatic heterocycles. The molecule has 0 amide bonds. The minimum atomic E-state index is -0.280. The highest BCUT2D eigenvalue weighted by Gasteiger charge is 2.59. The van der Waals surface area contributed by atoms with Gasteiger partial charge in [-0.3, -0.25) is 0 Å². The Morgan fingerprint density at radius 1 is 0.750 bits per heavy atom. The van der Waals surface area contributed by atoms with Gasteiger partial charge in [-0.1, -0.05) is 20.8 Å². The smallest absolute Gasteiger partial charge is 0.106 e. The Balaban J connectivity index is 6.35. The molecule has 1 unspecified atom stereocenters. The highest BCUT2D eigenvalue weighted by Crippen LogP contribution is 2.48. The van der Waals surface area contributed by atoms with E-state index >= 15 is 0 Å². The second-order valence-electron chi connectivity index (χ2n) is 8.34. The fraction of sp³-hybridized carbons (Fsp3) is 1.00. The van der Waals surface area contributed by atoms with Crippen molar-refractivity contribution >= 4 is 0 Å². The number of nitrogens with zero attached hydrogens (tertiary/aromatic N) is 1. The molecule has 0 spiro atoms. The summed E-state index contributed by atoms with van der Waals surface area (Å²) in [6.07, 6.45) is 3.07. The predicted octanol–water partition coefficient (Wildman–Crippen LogP) is 4.75. The van der Waals surface area contributed by atoms with Crippen LogP contribution in [0.5, 0.6) is 0 Å². The Morgan fingerprint density at radius 3 is 1.15 bits per heavy atom. The summed E-state index contributed by atoms with van der Waals surface area (Å²) < 4.78 is 0.966. The minimum absolute atomic E-state index is 0.135. The first-order valence-electron chi connectivity index (χ1n) is 8.41. The summed E-state index contributed by atoms with van der Waals surface area (Å²) in [5.41, 5.74) is 0.405. The van der Waals surface area contributed by atoms with Gasteiger partial charge >= 0.3 is 0 Å². The van der Waals surface area contributed by atoms with E-state index in [0.29, 0.717) is 0 Å². The van der Waals surface area contributed by atoms with Crippen LogP contribution in [0.15, 0.2) is 0 Å². The summed E-state index contributed by atoms with van der Waals surface area (Å²) in [5.74, 6) is 0. The van der Waals surface area contributed by atoms with E-state index in [0.717, 1.165) is 30.3 Å². The molecule has 0 saturated heterocycles. The molecule has 2 nitrogen and oxygen atoms in total. The van der Waals surface area contributed by atoms with E-state index in [9.17, 15) is 5.11 Å². The van der Waals surface area contributed by atoms with E-state index < -0.39 is 0 Å². The van der Waals surface area contributed by atoms with Crippen molar-refractivity contribution < 1.29 is 9.59 Å². The highest BCUT2D eigenvalue weighted by molar-refractivity contribution is 4.88. The molecule has 0 aromatic heterocycles. The van der Waals surface area contributed by atoms with Crippen molar-refractivity contribution in [3.63, 3.8) is 0 Å². The van der Waals surface area contributed by atoms with Crippen LogP contribution in [0.1, 0.15) is 88.5 Å². The van der Waals surface area contributed by atoms with Gasteiger partial charge in [0.1, 0.15) is 12.6 Å². The van der Waals surface area contributed by atoms with Crippen LogP contribution < -0.4 is 0 Å². The van der Waals surface area contributed by atoms with Gasteiger partial charge in [-0.2, -0.15) is 0 Å². The summed E-state index contributed by atoms with van der Waals surface area (Å²) in [6, 6.07) is 0. The molecule has 1 N–H and O–H groups in total. The van der Waals surface area contributed by atoms with Crippen molar-refractivity contribution in [2.45, 2.75) is 111 Å². The molecule has 0 rings (SSSR count). The van der Waals surface area contributed by atoms with Crippen LogP contribution in [-0.2, 0) is 0 Å². The number of hydrogen-bond donors (Lipinski definition) is 1. The third-order valence-corrected chi connectivity index (χ3v) is 6.23. The van der Waals surface area contributed by atoms with Crippen molar-refractivity contribution in [3.8, 4) is 0 Å². The van der Waals surface area contributed by atoms with Crippen LogP contribution in [0.2, 0.25) is 0 Å². The zero-order valence-electron chi connectivity index (χ0n) is 15.8. The maximum atomic E-state index is 10.2. The predicted molar refractivity (Wildman–Crippen MR) is 89.9 cm³/mol. The molecule has 0 aliphatic rings. The van der Waals surface area contributed by atoms with E-state index in [1.807, 2.05) is 6.92 Å². The molecule has 0 aromatic carbocycles. The van der Waals surface area contributed by atoms with E-state index in [-0.39, 0.29) is 22.7 Å². The molecule has 0 aromatic rings. The van der Waals surface area contributed by atoms with Crippen LogP contribution in [0.3, 0.4) is 0 Å². The quantitative estimate of drug-likeness (QED) is 0.638. The SMILES string of the molecule is CCC(C)(C)[N+](CC(C)O)(C(C)(C)CC)C(C)(C)CC. The lowest BCUT2D eigenvalue weighted by Gasteiger charge is -2.66. The van der Waals surface area contributed by atoms with Crippen LogP contribution in [0.4, 0.5) is 0 Å². The Labute approximate surface area is 128 Å². The lowest BCUT2D eigenvalue weighted by atomic mass is 9.75. The van der Waals surface area contributed by atoms with Crippen molar-refractivity contribution in [2.24, 2.45) is 0 Å². The number of rotatable bonds is 8. The molecule has 122 valence electrons. The zero-order chi connectivity index (χ0) is 16.4. The van der Waals surface area contributed by atoms with Crippen molar-refractivity contribution in [2.75, 3.05) is 6.54 Å². The molecular formula is C18H40NO+. The highest BCUT2D eigenvalue weighted by atomic mass is 16.3. The maximum absolute atomic E-state index is 10.2. The standard InChI is InChI=1S/C18H40NO/c1-11-16(5,6)19(14-15(4)20,17(7,8)12-2)18(9,10)13-3/h15,20H,11-14H2,1-10H3/q+1. The molecule has 2 heteroatoms. The molecule has 0 aliphatic carbocycles. The van der Waals surface area contributed by atoms with Gasteiger partial charge in [0.25, 0.3) is 0 Å². The largest absolute Gasteiger partial charge is 0.388 e. The normalized spacial score (nSPS) is 16.4. The first-order valence-corrected chi connectivity index (χ1v) is 8.41. The molecule has 0 bridgehead atoms. The first kappa shape index (κ1) is 19.9. The minimum Gasteiger partial charge on any atom is -0.388 e. The van der Waals surface area contributed by atoms with Gasteiger partial charge in [-0.15, -0.1) is 0 Å². The molecule has 0 radical (unpaired) electrons. The van der Waals surface area contributed by atoms with Crippen LogP contribution in [0.25, 0.3) is 0 Å². The Hall–Kier alpha value is -0.0800. The summed E-state index contributed by atoms with van der Waals surface area (Å²) >= 11 is 0. The molecule has 20 heavy (non-hydrogen) atoms. The van der Waals surface area contributed by atoms with Gasteiger partial charge < -0.3 is 9.59 Å². The van der Waals surface area contributed by atoms with E-state index in [1.165, 1.54) is 0 Å². The van der Waals surface area contributed by atoms with Crippen molar-refractivity contribution in [3.05, 3.63) is 0 Å². The molecule has 0 fully saturated rings. The van der Waals surface area contributed by atoms with Crippen LogP contribution in [-0.4, -0.2) is 38.9 Å². The van der Waals surface area contributed by atoms with Gasteiger partial charge in [0.2, 0.25) is 0 Å². The second kappa shape index (κ2) is 6.36. The monoisotopic (exact) mass is 286 g/mol. The number of aliphatic hydroxyl groups is 1. The van der Waals surface area contributed by atoms with Gasteiger partial charge in [0.15, 0.2) is 0 Å². The summed E-state index contributed by atoms with van der Waals surface area (Å²) in [4.78, 5) is 0. The number of aliphatic hydroxyl groups excluding tert-OH is 1. The average molecular weight is 287 g/mol. The van der Waals surface area contributed by atoms with Gasteiger partial charge in [0.05, 0.1) is 16.6 Å². The Morgan fingerprint density at radius 2 is 1.00 bits per heavy atom. The maximum Gasteiger partial charge on any atom is 0.106 e. The van der Waals surface area contributed by atoms with Crippen LogP contribution in [0, 0.1) is 0 Å². The fourth-order valence-corrected chi connectivity index (χ4v) is 4.41. The zero-order valence-corrected chi connectivity index (χ0v) is 15.8. The summed E-state index contributed by atoms with van der Waals surface area (Å²) in [6.45, 7) is 23.9. The summed E-state index contributed by atoms with van der Waals surface area (Å²) in [7, 11) is 0. The molecule has 0 heterocycles. The van der Waals surface area contributed by atoms with Gasteiger partial charge in [0, 0.05) is 0 Å². The lowest BCUT2D eigenvalue weighted by molar-refractivity contribution is -1.05. The lowest BCUT2D eigenvalue weighted by Crippen LogP contribution is -2.79. The van der Waals surface area contributed by atoms with Crippen LogP contribution >= 0.6 is 0 Å². The molecule has 1 atom stereocenters. The first-order chi connectivity index (χ1) is 8.85. The van der Waals surface area contributed by atoms with E-state index in [4.69, 9.17) is 0 Å². The third-order valence-electron chi connectivity index (χ3n) is 6.23. The Bertz CT molecular complexity index is 262. The Kier molecular flexibility index (Phi) is 6.33. The van der Waals surface area contributed by atoms with E-state index in [1.54, 1.807) is 0 Å².